The van der Waals surface area contributed by atoms with Crippen molar-refractivity contribution in [1.82, 2.24) is 14.8 Å². The van der Waals surface area contributed by atoms with E-state index in [4.69, 9.17) is 14.2 Å². The molecule has 1 fully saturated rings. The van der Waals surface area contributed by atoms with E-state index < -0.39 is 21.4 Å². The summed E-state index contributed by atoms with van der Waals surface area (Å²) in [5, 5.41) is 17.8. The van der Waals surface area contributed by atoms with Crippen molar-refractivity contribution >= 4 is 16.0 Å². The standard InChI is InChI=1S/C23H28N4O6S/c1-14(21(28)15-11-12-15)34(29,30)26-23-25-24-22(16-7-5-8-17(13-16)31-2)27(23)20-18(32-3)9-6-10-19(20)33-4/h5-10,13-15,21,28H,11-12H2,1-4H3,(H,25,26)/t14-,21-/m1/s1. The summed E-state index contributed by atoms with van der Waals surface area (Å²) < 4.78 is 46.9. The number of benzene rings is 2. The molecule has 10 nitrogen and oxygen atoms in total. The molecule has 34 heavy (non-hydrogen) atoms. The molecule has 1 aliphatic carbocycles. The molecule has 2 atom stereocenters. The number of sulfonamides is 1. The van der Waals surface area contributed by atoms with E-state index in [-0.39, 0.29) is 11.9 Å². The Hall–Kier alpha value is -3.31. The van der Waals surface area contributed by atoms with E-state index in [0.717, 1.165) is 12.8 Å². The van der Waals surface area contributed by atoms with Crippen LogP contribution in [0.4, 0.5) is 5.95 Å². The summed E-state index contributed by atoms with van der Waals surface area (Å²) >= 11 is 0. The quantitative estimate of drug-likeness (QED) is 0.446. The van der Waals surface area contributed by atoms with Crippen LogP contribution in [0.1, 0.15) is 19.8 Å². The minimum atomic E-state index is -4.00. The molecule has 0 aliphatic heterocycles. The fourth-order valence-electron chi connectivity index (χ4n) is 3.79. The minimum absolute atomic E-state index is 0.00824. The Balaban J connectivity index is 1.88. The molecular formula is C23H28N4O6S. The summed E-state index contributed by atoms with van der Waals surface area (Å²) in [7, 11) is 0.568. The Morgan fingerprint density at radius 1 is 1.03 bits per heavy atom. The van der Waals surface area contributed by atoms with Crippen molar-refractivity contribution in [1.29, 1.82) is 0 Å². The van der Waals surface area contributed by atoms with E-state index in [1.807, 2.05) is 6.07 Å². The summed E-state index contributed by atoms with van der Waals surface area (Å²) in [6.45, 7) is 1.48. The maximum Gasteiger partial charge on any atom is 0.243 e. The molecule has 2 aromatic carbocycles. The van der Waals surface area contributed by atoms with Gasteiger partial charge in [0.25, 0.3) is 0 Å². The number of aromatic nitrogens is 3. The first-order chi connectivity index (χ1) is 16.3. The van der Waals surface area contributed by atoms with Gasteiger partial charge < -0.3 is 19.3 Å². The van der Waals surface area contributed by atoms with Gasteiger partial charge in [0.15, 0.2) is 5.82 Å². The van der Waals surface area contributed by atoms with Gasteiger partial charge >= 0.3 is 0 Å². The Labute approximate surface area is 198 Å². The van der Waals surface area contributed by atoms with Crippen molar-refractivity contribution < 1.29 is 27.7 Å². The molecule has 0 amide bonds. The van der Waals surface area contributed by atoms with Crippen LogP contribution in [0.5, 0.6) is 17.2 Å². The minimum Gasteiger partial charge on any atom is -0.497 e. The lowest BCUT2D eigenvalue weighted by Gasteiger charge is -2.21. The van der Waals surface area contributed by atoms with Gasteiger partial charge in [-0.1, -0.05) is 18.2 Å². The zero-order valence-electron chi connectivity index (χ0n) is 19.4. The van der Waals surface area contributed by atoms with Crippen molar-refractivity contribution in [3.05, 3.63) is 42.5 Å². The summed E-state index contributed by atoms with van der Waals surface area (Å²) in [6.07, 6.45) is 0.665. The second-order valence-corrected chi connectivity index (χ2v) is 10.1. The van der Waals surface area contributed by atoms with Crippen LogP contribution >= 0.6 is 0 Å². The molecule has 182 valence electrons. The predicted octanol–water partition coefficient (Wildman–Crippen LogP) is 2.86. The van der Waals surface area contributed by atoms with Gasteiger partial charge in [0.1, 0.15) is 28.2 Å². The highest BCUT2D eigenvalue weighted by Crippen LogP contribution is 2.39. The number of ether oxygens (including phenoxy) is 3. The lowest BCUT2D eigenvalue weighted by atomic mass is 10.2. The van der Waals surface area contributed by atoms with E-state index in [9.17, 15) is 13.5 Å². The van der Waals surface area contributed by atoms with Gasteiger partial charge in [-0.3, -0.25) is 9.29 Å². The third-order valence-electron chi connectivity index (χ3n) is 5.93. The predicted molar refractivity (Wildman–Crippen MR) is 127 cm³/mol. The zero-order chi connectivity index (χ0) is 24.5. The van der Waals surface area contributed by atoms with Gasteiger partial charge in [0, 0.05) is 5.56 Å². The second kappa shape index (κ2) is 9.51. The van der Waals surface area contributed by atoms with Crippen LogP contribution in [0.3, 0.4) is 0 Å². The molecule has 4 rings (SSSR count). The molecule has 11 heteroatoms. The summed E-state index contributed by atoms with van der Waals surface area (Å²) in [5.74, 6) is 1.73. The number of para-hydroxylation sites is 1. The van der Waals surface area contributed by atoms with Crippen LogP contribution in [0.15, 0.2) is 42.5 Å². The third-order valence-corrected chi connectivity index (χ3v) is 7.65. The zero-order valence-corrected chi connectivity index (χ0v) is 20.2. The molecule has 0 radical (unpaired) electrons. The molecule has 3 aromatic rings. The number of aliphatic hydroxyl groups is 1. The van der Waals surface area contributed by atoms with E-state index in [2.05, 4.69) is 14.9 Å². The Morgan fingerprint density at radius 2 is 1.68 bits per heavy atom. The lowest BCUT2D eigenvalue weighted by molar-refractivity contribution is 0.150. The number of methoxy groups -OCH3 is 3. The summed E-state index contributed by atoms with van der Waals surface area (Å²) in [6, 6.07) is 12.4. The number of nitrogens with zero attached hydrogens (tertiary/aromatic N) is 3. The molecule has 1 saturated carbocycles. The Bertz CT molecular complexity index is 1250. The first-order valence-electron chi connectivity index (χ1n) is 10.8. The monoisotopic (exact) mass is 488 g/mol. The maximum absolute atomic E-state index is 13.2. The number of rotatable bonds is 10. The molecule has 0 bridgehead atoms. The number of hydrogen-bond donors (Lipinski definition) is 2. The first-order valence-corrected chi connectivity index (χ1v) is 12.4. The van der Waals surface area contributed by atoms with Crippen LogP contribution in [0, 0.1) is 5.92 Å². The van der Waals surface area contributed by atoms with Crippen LogP contribution in [-0.4, -0.2) is 61.0 Å². The topological polar surface area (TPSA) is 125 Å². The number of aliphatic hydroxyl groups excluding tert-OH is 1. The number of nitrogens with one attached hydrogen (secondary N) is 1. The highest BCUT2D eigenvalue weighted by atomic mass is 32.2. The molecule has 0 unspecified atom stereocenters. The van der Waals surface area contributed by atoms with Crippen molar-refractivity contribution in [2.45, 2.75) is 31.1 Å². The summed E-state index contributed by atoms with van der Waals surface area (Å²) in [4.78, 5) is 0. The SMILES string of the molecule is COc1cccc(-c2nnc(NS(=O)(=O)[C@H](C)[C@@H](O)C3CC3)n2-c2c(OC)cccc2OC)c1. The molecule has 1 aromatic heterocycles. The molecule has 2 N–H and O–H groups in total. The number of anilines is 1. The largest absolute Gasteiger partial charge is 0.497 e. The van der Waals surface area contributed by atoms with E-state index in [0.29, 0.717) is 34.3 Å². The van der Waals surface area contributed by atoms with Crippen molar-refractivity contribution in [3.8, 4) is 34.3 Å². The first kappa shape index (κ1) is 23.8. The molecule has 0 saturated heterocycles. The van der Waals surface area contributed by atoms with E-state index in [1.165, 1.54) is 25.7 Å². The maximum atomic E-state index is 13.2. The average Bonchev–Trinajstić information content (AvgIpc) is 3.63. The lowest BCUT2D eigenvalue weighted by Crippen LogP contribution is -2.37. The average molecular weight is 489 g/mol. The van der Waals surface area contributed by atoms with Crippen LogP contribution in [0.25, 0.3) is 17.1 Å². The van der Waals surface area contributed by atoms with Gasteiger partial charge in [-0.05, 0) is 49.9 Å². The fourth-order valence-corrected chi connectivity index (χ4v) is 4.95. The van der Waals surface area contributed by atoms with Crippen molar-refractivity contribution in [3.63, 3.8) is 0 Å². The van der Waals surface area contributed by atoms with Crippen molar-refractivity contribution in [2.75, 3.05) is 26.1 Å². The highest BCUT2D eigenvalue weighted by molar-refractivity contribution is 7.93. The highest BCUT2D eigenvalue weighted by Gasteiger charge is 2.40. The van der Waals surface area contributed by atoms with Crippen LogP contribution in [-0.2, 0) is 10.0 Å². The fraction of sp³-hybridized carbons (Fsp3) is 0.391. The van der Waals surface area contributed by atoms with Gasteiger partial charge in [0.2, 0.25) is 16.0 Å². The summed E-state index contributed by atoms with van der Waals surface area (Å²) in [5.41, 5.74) is 1.06. The molecule has 0 spiro atoms. The van der Waals surface area contributed by atoms with Crippen LogP contribution in [0.2, 0.25) is 0 Å². The Morgan fingerprint density at radius 3 is 2.26 bits per heavy atom. The molecule has 1 aliphatic rings. The second-order valence-electron chi connectivity index (χ2n) is 8.11. The van der Waals surface area contributed by atoms with Gasteiger partial charge in [-0.25, -0.2) is 8.42 Å². The molecule has 1 heterocycles. The molecular weight excluding hydrogens is 460 g/mol. The van der Waals surface area contributed by atoms with Gasteiger partial charge in [-0.15, -0.1) is 10.2 Å². The van der Waals surface area contributed by atoms with Gasteiger partial charge in [-0.2, -0.15) is 0 Å². The van der Waals surface area contributed by atoms with Crippen molar-refractivity contribution in [2.24, 2.45) is 5.92 Å². The number of hydrogen-bond acceptors (Lipinski definition) is 8. The normalized spacial score (nSPS) is 15.4. The van der Waals surface area contributed by atoms with E-state index >= 15 is 0 Å². The van der Waals surface area contributed by atoms with E-state index in [1.54, 1.807) is 43.5 Å². The Kier molecular flexibility index (Phi) is 6.67. The third kappa shape index (κ3) is 4.53. The van der Waals surface area contributed by atoms with Gasteiger partial charge in [0.05, 0.1) is 27.4 Å². The van der Waals surface area contributed by atoms with Crippen LogP contribution < -0.4 is 18.9 Å². The smallest absolute Gasteiger partial charge is 0.243 e.